The number of halogens is 1. The standard InChI is InChI=1S/C30H32FN3O3S/c1-22(2)18-33(29(35)25-13-15-27(31)16-14-25)20-28-17-32-30(34(28)19-24-10-5-4-6-11-24)38(36,37)21-26-12-8-7-9-23(26)3/h4-17,22H,18-21H2,1-3H3. The van der Waals surface area contributed by atoms with Crippen molar-refractivity contribution >= 4 is 15.7 Å². The number of carbonyl (C=O) groups excluding carboxylic acids is 1. The topological polar surface area (TPSA) is 72.3 Å². The van der Waals surface area contributed by atoms with Crippen LogP contribution in [0.1, 0.15) is 46.6 Å². The number of sulfone groups is 1. The second kappa shape index (κ2) is 11.7. The summed E-state index contributed by atoms with van der Waals surface area (Å²) in [6.45, 7) is 6.79. The summed E-state index contributed by atoms with van der Waals surface area (Å²) in [4.78, 5) is 19.4. The lowest BCUT2D eigenvalue weighted by Crippen LogP contribution is -2.34. The molecule has 0 radical (unpaired) electrons. The molecule has 6 nitrogen and oxygen atoms in total. The molecule has 0 fully saturated rings. The lowest BCUT2D eigenvalue weighted by atomic mass is 10.1. The second-order valence-corrected chi connectivity index (χ2v) is 11.8. The Bertz CT molecular complexity index is 1500. The molecule has 0 saturated heterocycles. The summed E-state index contributed by atoms with van der Waals surface area (Å²) >= 11 is 0. The maximum absolute atomic E-state index is 13.6. The Morgan fingerprint density at radius 3 is 2.29 bits per heavy atom. The minimum atomic E-state index is -3.80. The van der Waals surface area contributed by atoms with Crippen LogP contribution in [-0.2, 0) is 28.7 Å². The number of imidazole rings is 1. The van der Waals surface area contributed by atoms with Crippen molar-refractivity contribution in [3.63, 3.8) is 0 Å². The molecule has 1 aromatic heterocycles. The summed E-state index contributed by atoms with van der Waals surface area (Å²) < 4.78 is 42.4. The Balaban J connectivity index is 1.73. The third-order valence-electron chi connectivity index (χ3n) is 6.29. The average molecular weight is 534 g/mol. The summed E-state index contributed by atoms with van der Waals surface area (Å²) in [5.74, 6) is -0.680. The van der Waals surface area contributed by atoms with E-state index < -0.39 is 15.7 Å². The van der Waals surface area contributed by atoms with Gasteiger partial charge in [0.15, 0.2) is 0 Å². The van der Waals surface area contributed by atoms with Gasteiger partial charge in [-0.15, -0.1) is 0 Å². The van der Waals surface area contributed by atoms with Crippen LogP contribution < -0.4 is 0 Å². The maximum atomic E-state index is 13.6. The average Bonchev–Trinajstić information content (AvgIpc) is 3.28. The van der Waals surface area contributed by atoms with E-state index in [0.29, 0.717) is 24.3 Å². The van der Waals surface area contributed by atoms with Gasteiger partial charge in [-0.3, -0.25) is 4.79 Å². The highest BCUT2D eigenvalue weighted by atomic mass is 32.2. The van der Waals surface area contributed by atoms with Gasteiger partial charge in [-0.25, -0.2) is 17.8 Å². The first-order valence-corrected chi connectivity index (χ1v) is 14.2. The van der Waals surface area contributed by atoms with Crippen LogP contribution in [0.5, 0.6) is 0 Å². The molecular weight excluding hydrogens is 501 g/mol. The first-order chi connectivity index (χ1) is 18.1. The van der Waals surface area contributed by atoms with E-state index in [9.17, 15) is 17.6 Å². The zero-order chi connectivity index (χ0) is 27.3. The normalized spacial score (nSPS) is 11.6. The highest BCUT2D eigenvalue weighted by Crippen LogP contribution is 2.23. The fourth-order valence-electron chi connectivity index (χ4n) is 4.37. The molecule has 0 saturated carbocycles. The first-order valence-electron chi connectivity index (χ1n) is 12.5. The van der Waals surface area contributed by atoms with Crippen LogP contribution in [0.15, 0.2) is 90.2 Å². The smallest absolute Gasteiger partial charge is 0.254 e. The third-order valence-corrected chi connectivity index (χ3v) is 7.86. The van der Waals surface area contributed by atoms with E-state index in [4.69, 9.17) is 0 Å². The predicted molar refractivity (Wildman–Crippen MR) is 146 cm³/mol. The number of hydrogen-bond acceptors (Lipinski definition) is 4. The number of hydrogen-bond donors (Lipinski definition) is 0. The quantitative estimate of drug-likeness (QED) is 0.264. The summed E-state index contributed by atoms with van der Waals surface area (Å²) in [5.41, 5.74) is 3.50. The molecule has 0 aliphatic carbocycles. The summed E-state index contributed by atoms with van der Waals surface area (Å²) in [7, 11) is -3.80. The monoisotopic (exact) mass is 533 g/mol. The second-order valence-electron chi connectivity index (χ2n) is 9.88. The molecule has 0 atom stereocenters. The zero-order valence-corrected chi connectivity index (χ0v) is 22.7. The fourth-order valence-corrected chi connectivity index (χ4v) is 5.97. The number of rotatable bonds is 10. The van der Waals surface area contributed by atoms with Crippen LogP contribution in [0.3, 0.4) is 0 Å². The summed E-state index contributed by atoms with van der Waals surface area (Å²) in [5, 5.41) is -0.0293. The van der Waals surface area contributed by atoms with Gasteiger partial charge in [0.25, 0.3) is 5.91 Å². The molecule has 1 amide bonds. The highest BCUT2D eigenvalue weighted by molar-refractivity contribution is 7.90. The van der Waals surface area contributed by atoms with E-state index in [-0.39, 0.29) is 29.3 Å². The number of nitrogens with zero attached hydrogens (tertiary/aromatic N) is 3. The minimum Gasteiger partial charge on any atom is -0.333 e. The van der Waals surface area contributed by atoms with Crippen molar-refractivity contribution in [1.29, 1.82) is 0 Å². The Kier molecular flexibility index (Phi) is 8.42. The molecule has 0 spiro atoms. The van der Waals surface area contributed by atoms with Crippen molar-refractivity contribution < 1.29 is 17.6 Å². The molecule has 198 valence electrons. The van der Waals surface area contributed by atoms with E-state index in [2.05, 4.69) is 4.98 Å². The summed E-state index contributed by atoms with van der Waals surface area (Å²) in [6, 6.07) is 22.4. The number of amides is 1. The Labute approximate surface area is 223 Å². The molecule has 38 heavy (non-hydrogen) atoms. The molecule has 4 aromatic rings. The van der Waals surface area contributed by atoms with Gasteiger partial charge in [0.1, 0.15) is 5.82 Å². The zero-order valence-electron chi connectivity index (χ0n) is 21.8. The van der Waals surface area contributed by atoms with Crippen molar-refractivity contribution in [2.24, 2.45) is 5.92 Å². The number of benzene rings is 3. The van der Waals surface area contributed by atoms with Crippen molar-refractivity contribution in [3.05, 3.63) is 119 Å². The first kappa shape index (κ1) is 27.3. The maximum Gasteiger partial charge on any atom is 0.254 e. The Hall–Kier alpha value is -3.78. The van der Waals surface area contributed by atoms with Gasteiger partial charge < -0.3 is 9.47 Å². The Morgan fingerprint density at radius 2 is 1.63 bits per heavy atom. The van der Waals surface area contributed by atoms with Crippen LogP contribution in [-0.4, -0.2) is 35.3 Å². The SMILES string of the molecule is Cc1ccccc1CS(=O)(=O)c1ncc(CN(CC(C)C)C(=O)c2ccc(F)cc2)n1Cc1ccccc1. The number of carbonyl (C=O) groups is 1. The molecule has 3 aromatic carbocycles. The Morgan fingerprint density at radius 1 is 0.974 bits per heavy atom. The minimum absolute atomic E-state index is 0.0293. The molecular formula is C30H32FN3O3S. The van der Waals surface area contributed by atoms with Gasteiger partial charge in [-0.2, -0.15) is 0 Å². The van der Waals surface area contributed by atoms with Gasteiger partial charge in [0.2, 0.25) is 15.0 Å². The van der Waals surface area contributed by atoms with E-state index in [1.807, 2.05) is 75.4 Å². The van der Waals surface area contributed by atoms with Crippen molar-refractivity contribution in [2.45, 2.75) is 44.8 Å². The van der Waals surface area contributed by atoms with Crippen LogP contribution >= 0.6 is 0 Å². The van der Waals surface area contributed by atoms with Gasteiger partial charge in [-0.05, 0) is 53.8 Å². The van der Waals surface area contributed by atoms with Gasteiger partial charge in [0, 0.05) is 12.1 Å². The van der Waals surface area contributed by atoms with Gasteiger partial charge >= 0.3 is 0 Å². The molecule has 4 rings (SSSR count). The molecule has 0 aliphatic heterocycles. The number of aryl methyl sites for hydroxylation is 1. The molecule has 0 unspecified atom stereocenters. The lowest BCUT2D eigenvalue weighted by molar-refractivity contribution is 0.0718. The van der Waals surface area contributed by atoms with Crippen LogP contribution in [0.2, 0.25) is 0 Å². The molecule has 0 N–H and O–H groups in total. The molecule has 0 aliphatic rings. The highest BCUT2D eigenvalue weighted by Gasteiger charge is 2.27. The van der Waals surface area contributed by atoms with E-state index >= 15 is 0 Å². The molecule has 8 heteroatoms. The van der Waals surface area contributed by atoms with Crippen LogP contribution in [0.25, 0.3) is 0 Å². The van der Waals surface area contributed by atoms with Gasteiger partial charge in [-0.1, -0.05) is 68.4 Å². The largest absolute Gasteiger partial charge is 0.333 e. The van der Waals surface area contributed by atoms with Crippen molar-refractivity contribution in [1.82, 2.24) is 14.5 Å². The third kappa shape index (κ3) is 6.55. The molecule has 0 bridgehead atoms. The van der Waals surface area contributed by atoms with E-state index in [1.165, 1.54) is 24.3 Å². The number of aromatic nitrogens is 2. The van der Waals surface area contributed by atoms with E-state index in [1.54, 1.807) is 15.7 Å². The van der Waals surface area contributed by atoms with Crippen LogP contribution in [0.4, 0.5) is 4.39 Å². The predicted octanol–water partition coefficient (Wildman–Crippen LogP) is 5.65. The fraction of sp³-hybridized carbons (Fsp3) is 0.267. The lowest BCUT2D eigenvalue weighted by Gasteiger charge is -2.25. The van der Waals surface area contributed by atoms with Crippen molar-refractivity contribution in [2.75, 3.05) is 6.54 Å². The molecule has 1 heterocycles. The van der Waals surface area contributed by atoms with Crippen LogP contribution in [0, 0.1) is 18.7 Å². The van der Waals surface area contributed by atoms with Crippen molar-refractivity contribution in [3.8, 4) is 0 Å². The van der Waals surface area contributed by atoms with Gasteiger partial charge in [0.05, 0.1) is 30.7 Å². The summed E-state index contributed by atoms with van der Waals surface area (Å²) in [6.07, 6.45) is 1.54. The van der Waals surface area contributed by atoms with E-state index in [0.717, 1.165) is 16.7 Å².